The zero-order valence-corrected chi connectivity index (χ0v) is 8.25. The first-order valence-corrected chi connectivity index (χ1v) is 4.51. The molecule has 6 heteroatoms. The number of amides is 2. The lowest BCUT2D eigenvalue weighted by Gasteiger charge is -2.13. The monoisotopic (exact) mass is 203 g/mol. The van der Waals surface area contributed by atoms with Gasteiger partial charge in [-0.05, 0) is 6.42 Å². The number of nitrogens with two attached hydrogens (primary N) is 1. The average molecular weight is 203 g/mol. The molecule has 0 aliphatic rings. The Hall–Kier alpha value is -1.14. The smallest absolute Gasteiger partial charge is 0.239 e. The van der Waals surface area contributed by atoms with Crippen molar-refractivity contribution in [3.05, 3.63) is 0 Å². The fourth-order valence-electron chi connectivity index (χ4n) is 0.807. The van der Waals surface area contributed by atoms with Crippen LogP contribution in [0.5, 0.6) is 0 Å². The minimum Gasteiger partial charge on any atom is -0.394 e. The minimum absolute atomic E-state index is 0.104. The van der Waals surface area contributed by atoms with Crippen molar-refractivity contribution in [2.24, 2.45) is 5.73 Å². The number of hydrogen-bond donors (Lipinski definition) is 4. The summed E-state index contributed by atoms with van der Waals surface area (Å²) in [6.07, 6.45) is 0.646. The van der Waals surface area contributed by atoms with Gasteiger partial charge in [-0.3, -0.25) is 9.59 Å². The van der Waals surface area contributed by atoms with E-state index in [2.05, 4.69) is 10.6 Å². The van der Waals surface area contributed by atoms with Gasteiger partial charge in [0.2, 0.25) is 11.8 Å². The van der Waals surface area contributed by atoms with Gasteiger partial charge in [0.25, 0.3) is 0 Å². The van der Waals surface area contributed by atoms with Crippen LogP contribution in [0.1, 0.15) is 13.3 Å². The van der Waals surface area contributed by atoms with Gasteiger partial charge in [-0.1, -0.05) is 6.92 Å². The molecule has 0 bridgehead atoms. The normalized spacial score (nSPS) is 11.9. The van der Waals surface area contributed by atoms with Gasteiger partial charge in [0.05, 0.1) is 25.7 Å². The summed E-state index contributed by atoms with van der Waals surface area (Å²) in [6, 6.07) is -0.253. The maximum absolute atomic E-state index is 11.1. The molecule has 0 heterocycles. The Morgan fingerprint density at radius 1 is 1.43 bits per heavy atom. The van der Waals surface area contributed by atoms with E-state index in [1.807, 2.05) is 6.92 Å². The first-order chi connectivity index (χ1) is 6.63. The predicted octanol–water partition coefficient (Wildman–Crippen LogP) is -2.05. The number of nitrogens with one attached hydrogen (secondary N) is 2. The number of aliphatic hydroxyl groups excluding tert-OH is 1. The van der Waals surface area contributed by atoms with Crippen molar-refractivity contribution in [3.8, 4) is 0 Å². The van der Waals surface area contributed by atoms with Gasteiger partial charge in [-0.25, -0.2) is 0 Å². The second-order valence-electron chi connectivity index (χ2n) is 2.84. The topological polar surface area (TPSA) is 104 Å². The molecule has 0 aliphatic carbocycles. The van der Waals surface area contributed by atoms with Gasteiger partial charge in [-0.15, -0.1) is 0 Å². The number of hydrogen-bond acceptors (Lipinski definition) is 4. The van der Waals surface area contributed by atoms with Gasteiger partial charge in [0.15, 0.2) is 0 Å². The summed E-state index contributed by atoms with van der Waals surface area (Å²) in [6.45, 7) is 1.50. The quantitative estimate of drug-likeness (QED) is 0.399. The lowest BCUT2D eigenvalue weighted by Crippen LogP contribution is -2.44. The van der Waals surface area contributed by atoms with Crippen LogP contribution in [0.4, 0.5) is 0 Å². The Morgan fingerprint density at radius 3 is 2.50 bits per heavy atom. The molecule has 2 amide bonds. The Morgan fingerprint density at radius 2 is 2.07 bits per heavy atom. The summed E-state index contributed by atoms with van der Waals surface area (Å²) < 4.78 is 0. The highest BCUT2D eigenvalue weighted by atomic mass is 16.3. The van der Waals surface area contributed by atoms with Gasteiger partial charge < -0.3 is 21.5 Å². The second-order valence-corrected chi connectivity index (χ2v) is 2.84. The molecule has 1 unspecified atom stereocenters. The van der Waals surface area contributed by atoms with Crippen LogP contribution < -0.4 is 16.4 Å². The van der Waals surface area contributed by atoms with E-state index in [0.717, 1.165) is 0 Å². The Balaban J connectivity index is 3.69. The fourth-order valence-corrected chi connectivity index (χ4v) is 0.807. The first-order valence-electron chi connectivity index (χ1n) is 4.51. The van der Waals surface area contributed by atoms with Crippen molar-refractivity contribution in [3.63, 3.8) is 0 Å². The summed E-state index contributed by atoms with van der Waals surface area (Å²) in [5, 5.41) is 13.7. The molecule has 0 spiro atoms. The van der Waals surface area contributed by atoms with Crippen LogP contribution in [0, 0.1) is 0 Å². The molecule has 82 valence electrons. The molecule has 0 aromatic heterocycles. The molecule has 6 nitrogen and oxygen atoms in total. The highest BCUT2D eigenvalue weighted by molar-refractivity contribution is 5.85. The molecule has 0 rings (SSSR count). The van der Waals surface area contributed by atoms with E-state index in [9.17, 15) is 9.59 Å². The van der Waals surface area contributed by atoms with Crippen molar-refractivity contribution in [2.45, 2.75) is 19.4 Å². The molecule has 0 aliphatic heterocycles. The number of rotatable bonds is 6. The lowest BCUT2D eigenvalue weighted by molar-refractivity contribution is -0.125. The molecule has 1 atom stereocenters. The van der Waals surface area contributed by atoms with E-state index in [4.69, 9.17) is 10.8 Å². The van der Waals surface area contributed by atoms with Gasteiger partial charge in [0, 0.05) is 0 Å². The molecule has 0 saturated carbocycles. The Labute approximate surface area is 82.9 Å². The second kappa shape index (κ2) is 7.28. The predicted molar refractivity (Wildman–Crippen MR) is 51.4 cm³/mol. The van der Waals surface area contributed by atoms with E-state index in [-0.39, 0.29) is 37.6 Å². The van der Waals surface area contributed by atoms with Crippen molar-refractivity contribution in [2.75, 3.05) is 19.7 Å². The third-order valence-electron chi connectivity index (χ3n) is 1.71. The summed E-state index contributed by atoms with van der Waals surface area (Å²) in [5.74, 6) is -0.704. The van der Waals surface area contributed by atoms with E-state index >= 15 is 0 Å². The molecule has 14 heavy (non-hydrogen) atoms. The molecule has 0 fully saturated rings. The molecular formula is C8H17N3O3. The van der Waals surface area contributed by atoms with Crippen LogP contribution in [0.2, 0.25) is 0 Å². The average Bonchev–Trinajstić information content (AvgIpc) is 2.22. The molecular weight excluding hydrogens is 186 g/mol. The number of carbonyl (C=O) groups excluding carboxylic acids is 2. The summed E-state index contributed by atoms with van der Waals surface area (Å²) in [4.78, 5) is 21.8. The third-order valence-corrected chi connectivity index (χ3v) is 1.71. The Bertz CT molecular complexity index is 192. The zero-order chi connectivity index (χ0) is 11.0. The highest BCUT2D eigenvalue weighted by Crippen LogP contribution is 1.87. The zero-order valence-electron chi connectivity index (χ0n) is 8.25. The minimum atomic E-state index is -0.378. The van der Waals surface area contributed by atoms with Crippen LogP contribution in [0.25, 0.3) is 0 Å². The molecule has 0 aromatic rings. The van der Waals surface area contributed by atoms with Crippen LogP contribution in [0.15, 0.2) is 0 Å². The van der Waals surface area contributed by atoms with Crippen molar-refractivity contribution in [1.29, 1.82) is 0 Å². The van der Waals surface area contributed by atoms with Crippen molar-refractivity contribution < 1.29 is 14.7 Å². The number of aliphatic hydroxyl groups is 1. The number of carbonyl (C=O) groups is 2. The van der Waals surface area contributed by atoms with E-state index in [1.54, 1.807) is 0 Å². The van der Waals surface area contributed by atoms with E-state index in [0.29, 0.717) is 6.42 Å². The Kier molecular flexibility index (Phi) is 6.69. The SMILES string of the molecule is CCC(CO)NC(=O)CNC(=O)CN. The maximum atomic E-state index is 11.1. The summed E-state index contributed by atoms with van der Waals surface area (Å²) >= 11 is 0. The standard InChI is InChI=1S/C8H17N3O3/c1-2-6(5-12)11-8(14)4-10-7(13)3-9/h6,12H,2-5,9H2,1H3,(H,10,13)(H,11,14). The van der Waals surface area contributed by atoms with Crippen molar-refractivity contribution in [1.82, 2.24) is 10.6 Å². The van der Waals surface area contributed by atoms with E-state index in [1.165, 1.54) is 0 Å². The summed E-state index contributed by atoms with van der Waals surface area (Å²) in [7, 11) is 0. The van der Waals surface area contributed by atoms with Crippen LogP contribution in [-0.4, -0.2) is 42.7 Å². The van der Waals surface area contributed by atoms with Crippen LogP contribution in [-0.2, 0) is 9.59 Å². The maximum Gasteiger partial charge on any atom is 0.239 e. The molecule has 0 radical (unpaired) electrons. The largest absolute Gasteiger partial charge is 0.394 e. The van der Waals surface area contributed by atoms with Gasteiger partial charge in [-0.2, -0.15) is 0 Å². The highest BCUT2D eigenvalue weighted by Gasteiger charge is 2.09. The van der Waals surface area contributed by atoms with Gasteiger partial charge >= 0.3 is 0 Å². The lowest BCUT2D eigenvalue weighted by atomic mass is 10.2. The van der Waals surface area contributed by atoms with Crippen molar-refractivity contribution >= 4 is 11.8 Å². The van der Waals surface area contributed by atoms with Crippen LogP contribution in [0.3, 0.4) is 0 Å². The van der Waals surface area contributed by atoms with Crippen LogP contribution >= 0.6 is 0 Å². The third kappa shape index (κ3) is 5.50. The molecule has 5 N–H and O–H groups in total. The first kappa shape index (κ1) is 12.9. The molecule has 0 aromatic carbocycles. The van der Waals surface area contributed by atoms with Gasteiger partial charge in [0.1, 0.15) is 0 Å². The summed E-state index contributed by atoms with van der Waals surface area (Å²) in [5.41, 5.74) is 5.03. The molecule has 0 saturated heterocycles. The fraction of sp³-hybridized carbons (Fsp3) is 0.750. The van der Waals surface area contributed by atoms with E-state index < -0.39 is 0 Å².